The fourth-order valence-corrected chi connectivity index (χ4v) is 2.46. The van der Waals surface area contributed by atoms with E-state index in [0.29, 0.717) is 11.4 Å². The van der Waals surface area contributed by atoms with Crippen LogP contribution in [0.3, 0.4) is 0 Å². The van der Waals surface area contributed by atoms with Gasteiger partial charge >= 0.3 is 5.69 Å². The molecular weight excluding hydrogens is 315 g/mol. The Morgan fingerprint density at radius 3 is 2.67 bits per heavy atom. The number of nitrogens with one attached hydrogen (secondary N) is 1. The van der Waals surface area contributed by atoms with E-state index in [1.807, 2.05) is 0 Å². The van der Waals surface area contributed by atoms with Crippen molar-refractivity contribution in [3.8, 4) is 0 Å². The van der Waals surface area contributed by atoms with Crippen LogP contribution in [0.1, 0.15) is 23.9 Å². The van der Waals surface area contributed by atoms with Crippen molar-refractivity contribution >= 4 is 17.3 Å². The van der Waals surface area contributed by atoms with E-state index in [4.69, 9.17) is 0 Å². The van der Waals surface area contributed by atoms with Crippen LogP contribution < -0.4 is 5.32 Å². The minimum Gasteiger partial charge on any atom is -0.323 e. The number of rotatable bonds is 5. The molecule has 2 rings (SSSR count). The van der Waals surface area contributed by atoms with Gasteiger partial charge in [0.2, 0.25) is 5.91 Å². The van der Waals surface area contributed by atoms with Crippen LogP contribution in [0, 0.1) is 42.6 Å². The number of carbonyl (C=O) groups is 1. The Morgan fingerprint density at radius 2 is 2.08 bits per heavy atom. The van der Waals surface area contributed by atoms with Crippen molar-refractivity contribution < 1.29 is 14.1 Å². The molecule has 0 aliphatic heterocycles. The first-order chi connectivity index (χ1) is 11.2. The standard InChI is InChI=1S/C16H19FN4O3/c1-9-5-6-13(17)14(7-9)18-16(22)10(2)8-20-12(4)15(21(23)24)11(3)19-20/h5-7,10H,8H2,1-4H3,(H,18,22). The number of aromatic nitrogens is 2. The van der Waals surface area contributed by atoms with Gasteiger partial charge in [-0.1, -0.05) is 13.0 Å². The van der Waals surface area contributed by atoms with E-state index in [2.05, 4.69) is 10.4 Å². The van der Waals surface area contributed by atoms with Crippen molar-refractivity contribution in [2.45, 2.75) is 34.2 Å². The maximum absolute atomic E-state index is 13.7. The Balaban J connectivity index is 2.14. The summed E-state index contributed by atoms with van der Waals surface area (Å²) >= 11 is 0. The van der Waals surface area contributed by atoms with Crippen molar-refractivity contribution in [2.75, 3.05) is 5.32 Å². The molecule has 1 aromatic heterocycles. The molecule has 0 aliphatic rings. The van der Waals surface area contributed by atoms with Gasteiger partial charge < -0.3 is 5.32 Å². The van der Waals surface area contributed by atoms with Gasteiger partial charge in [0.25, 0.3) is 0 Å². The lowest BCUT2D eigenvalue weighted by Crippen LogP contribution is -2.25. The Bertz CT molecular complexity index is 801. The molecule has 0 saturated carbocycles. The molecule has 0 aliphatic carbocycles. The lowest BCUT2D eigenvalue weighted by Gasteiger charge is -2.14. The molecule has 0 saturated heterocycles. The monoisotopic (exact) mass is 334 g/mol. The third-order valence-electron chi connectivity index (χ3n) is 3.80. The fraction of sp³-hybridized carbons (Fsp3) is 0.375. The summed E-state index contributed by atoms with van der Waals surface area (Å²) in [4.78, 5) is 22.8. The first kappa shape index (κ1) is 17.6. The average molecular weight is 334 g/mol. The van der Waals surface area contributed by atoms with Gasteiger partial charge in [0.05, 0.1) is 23.1 Å². The van der Waals surface area contributed by atoms with Crippen molar-refractivity contribution in [2.24, 2.45) is 5.92 Å². The van der Waals surface area contributed by atoms with Crippen LogP contribution in [0.15, 0.2) is 18.2 Å². The largest absolute Gasteiger partial charge is 0.323 e. The number of nitro groups is 1. The number of hydrogen-bond acceptors (Lipinski definition) is 4. The van der Waals surface area contributed by atoms with Crippen LogP contribution in [0.25, 0.3) is 0 Å². The van der Waals surface area contributed by atoms with Crippen LogP contribution in [0.5, 0.6) is 0 Å². The number of amides is 1. The molecule has 8 heteroatoms. The Labute approximate surface area is 138 Å². The number of aryl methyl sites for hydroxylation is 2. The smallest absolute Gasteiger partial charge is 0.312 e. The molecular formula is C16H19FN4O3. The summed E-state index contributed by atoms with van der Waals surface area (Å²) in [5.74, 6) is -1.43. The van der Waals surface area contributed by atoms with Gasteiger partial charge in [-0.15, -0.1) is 0 Å². The van der Waals surface area contributed by atoms with E-state index in [9.17, 15) is 19.3 Å². The molecule has 0 spiro atoms. The van der Waals surface area contributed by atoms with Gasteiger partial charge in [0, 0.05) is 0 Å². The highest BCUT2D eigenvalue weighted by Crippen LogP contribution is 2.23. The molecule has 0 radical (unpaired) electrons. The summed E-state index contributed by atoms with van der Waals surface area (Å²) in [6.45, 7) is 6.76. The molecule has 128 valence electrons. The first-order valence-electron chi connectivity index (χ1n) is 7.46. The van der Waals surface area contributed by atoms with E-state index in [0.717, 1.165) is 5.56 Å². The highest BCUT2D eigenvalue weighted by atomic mass is 19.1. The summed E-state index contributed by atoms with van der Waals surface area (Å²) in [6.07, 6.45) is 0. The van der Waals surface area contributed by atoms with Gasteiger partial charge in [-0.05, 0) is 38.5 Å². The molecule has 1 heterocycles. The number of anilines is 1. The maximum Gasteiger partial charge on any atom is 0.312 e. The van der Waals surface area contributed by atoms with Crippen LogP contribution in [0.4, 0.5) is 15.8 Å². The molecule has 24 heavy (non-hydrogen) atoms. The minimum absolute atomic E-state index is 0.0488. The van der Waals surface area contributed by atoms with Crippen molar-refractivity contribution in [1.82, 2.24) is 9.78 Å². The van der Waals surface area contributed by atoms with Gasteiger partial charge in [-0.3, -0.25) is 19.6 Å². The zero-order chi connectivity index (χ0) is 18.0. The van der Waals surface area contributed by atoms with Crippen LogP contribution >= 0.6 is 0 Å². The van der Waals surface area contributed by atoms with Gasteiger partial charge in [-0.2, -0.15) is 5.10 Å². The predicted molar refractivity (Wildman–Crippen MR) is 87.3 cm³/mol. The number of benzene rings is 1. The third kappa shape index (κ3) is 3.58. The summed E-state index contributed by atoms with van der Waals surface area (Å²) in [6, 6.07) is 4.46. The average Bonchev–Trinajstić information content (AvgIpc) is 2.77. The molecule has 0 bridgehead atoms. The topological polar surface area (TPSA) is 90.1 Å². The summed E-state index contributed by atoms with van der Waals surface area (Å²) in [5.41, 5.74) is 1.58. The van der Waals surface area contributed by atoms with E-state index >= 15 is 0 Å². The maximum atomic E-state index is 13.7. The second kappa shape index (κ2) is 6.77. The Hall–Kier alpha value is -2.77. The van der Waals surface area contributed by atoms with Crippen molar-refractivity contribution in [1.29, 1.82) is 0 Å². The lowest BCUT2D eigenvalue weighted by atomic mass is 10.1. The first-order valence-corrected chi connectivity index (χ1v) is 7.46. The Morgan fingerprint density at radius 1 is 1.42 bits per heavy atom. The SMILES string of the molecule is Cc1ccc(F)c(NC(=O)C(C)Cn2nc(C)c([N+](=O)[O-])c2C)c1. The molecule has 1 N–H and O–H groups in total. The zero-order valence-electron chi connectivity index (χ0n) is 14.0. The molecule has 1 unspecified atom stereocenters. The van der Waals surface area contributed by atoms with E-state index in [1.54, 1.807) is 39.8 Å². The highest BCUT2D eigenvalue weighted by Gasteiger charge is 2.24. The van der Waals surface area contributed by atoms with Crippen molar-refractivity contribution in [3.05, 3.63) is 51.1 Å². The second-order valence-corrected chi connectivity index (χ2v) is 5.83. The molecule has 2 aromatic rings. The van der Waals surface area contributed by atoms with Crippen LogP contribution in [-0.2, 0) is 11.3 Å². The number of hydrogen-bond donors (Lipinski definition) is 1. The third-order valence-corrected chi connectivity index (χ3v) is 3.80. The van der Waals surface area contributed by atoms with Gasteiger partial charge in [-0.25, -0.2) is 4.39 Å². The number of halogens is 1. The molecule has 1 amide bonds. The minimum atomic E-state index is -0.539. The second-order valence-electron chi connectivity index (χ2n) is 5.83. The lowest BCUT2D eigenvalue weighted by molar-refractivity contribution is -0.386. The summed E-state index contributed by atoms with van der Waals surface area (Å²) in [5, 5.41) is 17.7. The highest BCUT2D eigenvalue weighted by molar-refractivity contribution is 5.92. The molecule has 1 atom stereocenters. The van der Waals surface area contributed by atoms with E-state index in [1.165, 1.54) is 10.7 Å². The van der Waals surface area contributed by atoms with E-state index < -0.39 is 16.7 Å². The van der Waals surface area contributed by atoms with Crippen LogP contribution in [0.2, 0.25) is 0 Å². The van der Waals surface area contributed by atoms with Crippen LogP contribution in [-0.4, -0.2) is 20.6 Å². The molecule has 0 fully saturated rings. The normalized spacial score (nSPS) is 12.0. The zero-order valence-corrected chi connectivity index (χ0v) is 14.0. The molecule has 1 aromatic carbocycles. The van der Waals surface area contributed by atoms with Gasteiger partial charge in [0.15, 0.2) is 0 Å². The summed E-state index contributed by atoms with van der Waals surface area (Å²) < 4.78 is 15.2. The molecule has 7 nitrogen and oxygen atoms in total. The quantitative estimate of drug-likeness (QED) is 0.672. The Kier molecular flexibility index (Phi) is 4.96. The number of nitrogens with zero attached hydrogens (tertiary/aromatic N) is 3. The predicted octanol–water partition coefficient (Wildman–Crippen LogP) is 3.13. The van der Waals surface area contributed by atoms with E-state index in [-0.39, 0.29) is 23.8 Å². The fourth-order valence-electron chi connectivity index (χ4n) is 2.46. The summed E-state index contributed by atoms with van der Waals surface area (Å²) in [7, 11) is 0. The van der Waals surface area contributed by atoms with Crippen molar-refractivity contribution in [3.63, 3.8) is 0 Å². The number of carbonyl (C=O) groups excluding carboxylic acids is 1. The van der Waals surface area contributed by atoms with Gasteiger partial charge in [0.1, 0.15) is 17.2 Å².